The molecule has 0 fully saturated rings. The molecule has 9 heteroatoms. The van der Waals surface area contributed by atoms with Crippen LogP contribution in [0.5, 0.6) is 17.2 Å². The number of rotatable bonds is 6. The van der Waals surface area contributed by atoms with Crippen LogP contribution in [-0.4, -0.2) is 42.4 Å². The fraction of sp³-hybridized carbons (Fsp3) is 0.357. The van der Waals surface area contributed by atoms with Gasteiger partial charge >= 0.3 is 5.69 Å². The molecule has 3 N–H and O–H groups in total. The Morgan fingerprint density at radius 3 is 2.26 bits per heavy atom. The zero-order valence-corrected chi connectivity index (χ0v) is 13.2. The molecule has 0 bridgehead atoms. The zero-order valence-electron chi connectivity index (χ0n) is 13.2. The van der Waals surface area contributed by atoms with Crippen LogP contribution >= 0.6 is 0 Å². The Morgan fingerprint density at radius 1 is 1.13 bits per heavy atom. The van der Waals surface area contributed by atoms with E-state index in [1.165, 1.54) is 27.4 Å². The first-order chi connectivity index (χ1) is 11.0. The van der Waals surface area contributed by atoms with Gasteiger partial charge in [0, 0.05) is 12.1 Å². The Balaban J connectivity index is 2.29. The quantitative estimate of drug-likeness (QED) is 0.717. The van der Waals surface area contributed by atoms with E-state index in [9.17, 15) is 9.59 Å². The predicted molar refractivity (Wildman–Crippen MR) is 81.2 cm³/mol. The lowest BCUT2D eigenvalue weighted by Crippen LogP contribution is -2.28. The fourth-order valence-corrected chi connectivity index (χ4v) is 2.04. The van der Waals surface area contributed by atoms with Crippen molar-refractivity contribution in [3.8, 4) is 17.2 Å². The van der Waals surface area contributed by atoms with Crippen LogP contribution in [0.25, 0.3) is 0 Å². The van der Waals surface area contributed by atoms with Crippen molar-refractivity contribution in [1.82, 2.24) is 20.5 Å². The molecule has 2 rings (SSSR count). The first kappa shape index (κ1) is 16.4. The van der Waals surface area contributed by atoms with E-state index in [1.807, 2.05) is 0 Å². The summed E-state index contributed by atoms with van der Waals surface area (Å²) in [6.45, 7) is 1.69. The number of ether oxygens (including phenoxy) is 3. The lowest BCUT2D eigenvalue weighted by molar-refractivity contribution is 0.0935. The standard InChI is InChI=1S/C14H18N4O5/c1-7(12-16-14(20)18-17-12)15-13(19)8-5-10(22-3)11(23-4)6-9(8)21-2/h5-7H,1-4H3,(H,15,19)(H2,16,17,18,20)/t7-/m0/s1. The van der Waals surface area contributed by atoms with Gasteiger partial charge in [0.25, 0.3) is 5.91 Å². The monoisotopic (exact) mass is 322 g/mol. The number of hydrogen-bond donors (Lipinski definition) is 3. The van der Waals surface area contributed by atoms with E-state index in [-0.39, 0.29) is 5.56 Å². The Hall–Kier alpha value is -2.97. The molecule has 0 spiro atoms. The first-order valence-corrected chi connectivity index (χ1v) is 6.75. The Kier molecular flexibility index (Phi) is 4.89. The summed E-state index contributed by atoms with van der Waals surface area (Å²) in [6, 6.07) is 2.58. The number of aromatic amines is 2. The molecule has 124 valence electrons. The second kappa shape index (κ2) is 6.86. The third kappa shape index (κ3) is 3.44. The van der Waals surface area contributed by atoms with Gasteiger partial charge in [0.15, 0.2) is 17.3 Å². The molecule has 1 atom stereocenters. The summed E-state index contributed by atoms with van der Waals surface area (Å²) in [5.41, 5.74) is -0.167. The number of H-pyrrole nitrogens is 2. The highest BCUT2D eigenvalue weighted by Gasteiger charge is 2.20. The van der Waals surface area contributed by atoms with Gasteiger partial charge in [0.05, 0.1) is 32.9 Å². The fourth-order valence-electron chi connectivity index (χ4n) is 2.04. The Bertz CT molecular complexity index is 752. The average Bonchev–Trinajstić information content (AvgIpc) is 2.99. The molecule has 0 unspecified atom stereocenters. The van der Waals surface area contributed by atoms with E-state index in [2.05, 4.69) is 20.5 Å². The lowest BCUT2D eigenvalue weighted by Gasteiger charge is -2.16. The van der Waals surface area contributed by atoms with Gasteiger partial charge in [-0.1, -0.05) is 0 Å². The summed E-state index contributed by atoms with van der Waals surface area (Å²) in [4.78, 5) is 26.0. The van der Waals surface area contributed by atoms with Crippen LogP contribution in [0, 0.1) is 0 Å². The number of hydrogen-bond acceptors (Lipinski definition) is 6. The number of amides is 1. The van der Waals surface area contributed by atoms with Crippen molar-refractivity contribution in [2.24, 2.45) is 0 Å². The molecular formula is C14H18N4O5. The number of benzene rings is 1. The highest BCUT2D eigenvalue weighted by molar-refractivity contribution is 5.98. The maximum absolute atomic E-state index is 12.5. The topological polar surface area (TPSA) is 118 Å². The molecule has 1 aromatic heterocycles. The normalized spacial score (nSPS) is 11.7. The minimum atomic E-state index is -0.501. The third-order valence-corrected chi connectivity index (χ3v) is 3.23. The summed E-state index contributed by atoms with van der Waals surface area (Å²) in [7, 11) is 4.42. The van der Waals surface area contributed by atoms with Gasteiger partial charge in [0.1, 0.15) is 5.75 Å². The minimum Gasteiger partial charge on any atom is -0.496 e. The molecule has 1 aromatic carbocycles. The van der Waals surface area contributed by atoms with E-state index in [0.717, 1.165) is 0 Å². The summed E-state index contributed by atoms with van der Waals surface area (Å²) >= 11 is 0. The second-order valence-corrected chi connectivity index (χ2v) is 4.67. The predicted octanol–water partition coefficient (Wildman–Crippen LogP) is 0.615. The van der Waals surface area contributed by atoms with Crippen LogP contribution in [0.1, 0.15) is 29.1 Å². The van der Waals surface area contributed by atoms with E-state index >= 15 is 0 Å². The van der Waals surface area contributed by atoms with Gasteiger partial charge in [-0.25, -0.2) is 9.89 Å². The number of aromatic nitrogens is 3. The molecule has 0 aliphatic carbocycles. The average molecular weight is 322 g/mol. The SMILES string of the molecule is COc1cc(OC)c(C(=O)N[C@@H](C)c2n[nH]c(=O)[nH]2)cc1OC. The van der Waals surface area contributed by atoms with Gasteiger partial charge in [-0.15, -0.1) is 0 Å². The van der Waals surface area contributed by atoms with Gasteiger partial charge < -0.3 is 19.5 Å². The van der Waals surface area contributed by atoms with E-state index in [0.29, 0.717) is 23.1 Å². The number of methoxy groups -OCH3 is 3. The maximum Gasteiger partial charge on any atom is 0.340 e. The van der Waals surface area contributed by atoms with E-state index < -0.39 is 17.6 Å². The summed E-state index contributed by atoms with van der Waals surface area (Å²) in [5.74, 6) is 1.11. The Morgan fingerprint density at radius 2 is 1.74 bits per heavy atom. The van der Waals surface area contributed by atoms with Crippen molar-refractivity contribution in [3.63, 3.8) is 0 Å². The van der Waals surface area contributed by atoms with Gasteiger partial charge in [0.2, 0.25) is 0 Å². The van der Waals surface area contributed by atoms with Crippen molar-refractivity contribution in [2.75, 3.05) is 21.3 Å². The summed E-state index contributed by atoms with van der Waals surface area (Å²) < 4.78 is 15.6. The maximum atomic E-state index is 12.5. The van der Waals surface area contributed by atoms with E-state index in [1.54, 1.807) is 13.0 Å². The second-order valence-electron chi connectivity index (χ2n) is 4.67. The van der Waals surface area contributed by atoms with Crippen molar-refractivity contribution in [3.05, 3.63) is 34.0 Å². The molecule has 2 aromatic rings. The van der Waals surface area contributed by atoms with Crippen molar-refractivity contribution in [2.45, 2.75) is 13.0 Å². The number of nitrogens with one attached hydrogen (secondary N) is 3. The number of nitrogens with zero attached hydrogens (tertiary/aromatic N) is 1. The molecule has 1 heterocycles. The molecule has 0 saturated carbocycles. The summed E-state index contributed by atoms with van der Waals surface area (Å²) in [6.07, 6.45) is 0. The molecule has 9 nitrogen and oxygen atoms in total. The van der Waals surface area contributed by atoms with Crippen LogP contribution < -0.4 is 25.2 Å². The smallest absolute Gasteiger partial charge is 0.340 e. The minimum absolute atomic E-state index is 0.273. The summed E-state index contributed by atoms with van der Waals surface area (Å²) in [5, 5.41) is 8.75. The number of carbonyl (C=O) groups excluding carboxylic acids is 1. The van der Waals surface area contributed by atoms with Crippen LogP contribution in [0.15, 0.2) is 16.9 Å². The van der Waals surface area contributed by atoms with Crippen molar-refractivity contribution >= 4 is 5.91 Å². The van der Waals surface area contributed by atoms with Crippen LogP contribution in [-0.2, 0) is 0 Å². The molecule has 0 radical (unpaired) electrons. The molecule has 0 aliphatic rings. The largest absolute Gasteiger partial charge is 0.496 e. The van der Waals surface area contributed by atoms with Gasteiger partial charge in [-0.3, -0.25) is 9.78 Å². The van der Waals surface area contributed by atoms with Crippen molar-refractivity contribution in [1.29, 1.82) is 0 Å². The van der Waals surface area contributed by atoms with Crippen molar-refractivity contribution < 1.29 is 19.0 Å². The Labute approximate surface area is 132 Å². The van der Waals surface area contributed by atoms with Gasteiger partial charge in [-0.2, -0.15) is 5.10 Å². The highest BCUT2D eigenvalue weighted by Crippen LogP contribution is 2.34. The molecule has 23 heavy (non-hydrogen) atoms. The van der Waals surface area contributed by atoms with Crippen LogP contribution in [0.2, 0.25) is 0 Å². The van der Waals surface area contributed by atoms with Gasteiger partial charge in [-0.05, 0) is 6.92 Å². The third-order valence-electron chi connectivity index (χ3n) is 3.23. The first-order valence-electron chi connectivity index (χ1n) is 6.75. The zero-order chi connectivity index (χ0) is 17.0. The molecule has 1 amide bonds. The van der Waals surface area contributed by atoms with E-state index in [4.69, 9.17) is 14.2 Å². The van der Waals surface area contributed by atoms with Crippen LogP contribution in [0.4, 0.5) is 0 Å². The molecular weight excluding hydrogens is 304 g/mol. The highest BCUT2D eigenvalue weighted by atomic mass is 16.5. The molecule has 0 aliphatic heterocycles. The molecule has 0 saturated heterocycles. The van der Waals surface area contributed by atoms with Crippen LogP contribution in [0.3, 0.4) is 0 Å². The lowest BCUT2D eigenvalue weighted by atomic mass is 10.1. The number of carbonyl (C=O) groups is 1.